The summed E-state index contributed by atoms with van der Waals surface area (Å²) in [7, 11) is 2.22. The average Bonchev–Trinajstić information content (AvgIpc) is 3.29. The molecule has 2 bridgehead atoms. The summed E-state index contributed by atoms with van der Waals surface area (Å²) < 4.78 is 0. The second-order valence-corrected chi connectivity index (χ2v) is 6.66. The monoisotopic (exact) mass is 305 g/mol. The molecule has 0 amide bonds. The van der Waals surface area contributed by atoms with E-state index >= 15 is 0 Å². The summed E-state index contributed by atoms with van der Waals surface area (Å²) in [6.07, 6.45) is 3.22. The van der Waals surface area contributed by atoms with Crippen LogP contribution in [0, 0.1) is 0 Å². The SMILES string of the molecule is CN1C[C@@H]2C[C@H]1CN2c1ccc(-c2cccc3[nH]ccc23)nn1. The number of aromatic nitrogens is 3. The first-order valence-electron chi connectivity index (χ1n) is 8.17. The van der Waals surface area contributed by atoms with Crippen molar-refractivity contribution in [2.24, 2.45) is 0 Å². The number of nitrogens with zero attached hydrogens (tertiary/aromatic N) is 4. The van der Waals surface area contributed by atoms with Gasteiger partial charge in [0.05, 0.1) is 5.69 Å². The highest BCUT2D eigenvalue weighted by Gasteiger charge is 2.41. The predicted molar refractivity (Wildman–Crippen MR) is 91.5 cm³/mol. The topological polar surface area (TPSA) is 48.0 Å². The van der Waals surface area contributed by atoms with Gasteiger partial charge in [-0.15, -0.1) is 10.2 Å². The van der Waals surface area contributed by atoms with Crippen molar-refractivity contribution in [2.75, 3.05) is 25.0 Å². The van der Waals surface area contributed by atoms with Gasteiger partial charge in [-0.05, 0) is 37.7 Å². The maximum atomic E-state index is 4.52. The summed E-state index contributed by atoms with van der Waals surface area (Å²) in [6.45, 7) is 2.21. The van der Waals surface area contributed by atoms with E-state index in [0.717, 1.165) is 35.7 Å². The van der Waals surface area contributed by atoms with Crippen molar-refractivity contribution in [3.63, 3.8) is 0 Å². The number of anilines is 1. The Kier molecular flexibility index (Phi) is 2.73. The summed E-state index contributed by atoms with van der Waals surface area (Å²) in [4.78, 5) is 8.12. The van der Waals surface area contributed by atoms with Crippen molar-refractivity contribution in [1.29, 1.82) is 0 Å². The molecule has 2 aliphatic heterocycles. The minimum atomic E-state index is 0.596. The van der Waals surface area contributed by atoms with Gasteiger partial charge in [0.25, 0.3) is 0 Å². The predicted octanol–water partition coefficient (Wildman–Crippen LogP) is 2.52. The lowest BCUT2D eigenvalue weighted by molar-refractivity contribution is 0.292. The molecule has 0 spiro atoms. The highest BCUT2D eigenvalue weighted by Crippen LogP contribution is 2.33. The third kappa shape index (κ3) is 1.96. The molecule has 5 nitrogen and oxygen atoms in total. The molecule has 2 atom stereocenters. The van der Waals surface area contributed by atoms with Crippen molar-refractivity contribution in [3.05, 3.63) is 42.6 Å². The Balaban J connectivity index is 1.47. The molecule has 1 aromatic carbocycles. The summed E-state index contributed by atoms with van der Waals surface area (Å²) in [6, 6.07) is 13.8. The number of nitrogens with one attached hydrogen (secondary N) is 1. The number of likely N-dealkylation sites (tertiary alicyclic amines) is 1. The molecule has 0 radical (unpaired) electrons. The molecule has 5 rings (SSSR count). The van der Waals surface area contributed by atoms with Crippen molar-refractivity contribution in [3.8, 4) is 11.3 Å². The number of hydrogen-bond acceptors (Lipinski definition) is 4. The second kappa shape index (κ2) is 4.80. The molecular formula is C18H19N5. The van der Waals surface area contributed by atoms with Crippen LogP contribution in [0.3, 0.4) is 0 Å². The number of aromatic amines is 1. The van der Waals surface area contributed by atoms with E-state index in [1.165, 1.54) is 11.8 Å². The van der Waals surface area contributed by atoms with Gasteiger partial charge in [0.15, 0.2) is 5.82 Å². The van der Waals surface area contributed by atoms with E-state index in [1.54, 1.807) is 0 Å². The zero-order valence-corrected chi connectivity index (χ0v) is 13.1. The standard InChI is InChI=1S/C18H19N5/c1-22-10-13-9-12(22)11-23(13)18-6-5-17(20-21-18)14-3-2-4-16-15(14)7-8-19-16/h2-8,12-13,19H,9-11H2,1H3/t12-,13-/m0/s1. The highest BCUT2D eigenvalue weighted by molar-refractivity contribution is 5.94. The Morgan fingerprint density at radius 2 is 2.00 bits per heavy atom. The average molecular weight is 305 g/mol. The molecule has 0 aliphatic carbocycles. The minimum absolute atomic E-state index is 0.596. The highest BCUT2D eigenvalue weighted by atomic mass is 15.4. The molecular weight excluding hydrogens is 286 g/mol. The van der Waals surface area contributed by atoms with Crippen molar-refractivity contribution in [2.45, 2.75) is 18.5 Å². The van der Waals surface area contributed by atoms with Gasteiger partial charge in [-0.3, -0.25) is 4.90 Å². The molecule has 1 N–H and O–H groups in total. The smallest absolute Gasteiger partial charge is 0.151 e. The van der Waals surface area contributed by atoms with E-state index in [4.69, 9.17) is 0 Å². The Morgan fingerprint density at radius 3 is 2.74 bits per heavy atom. The Bertz CT molecular complexity index is 851. The molecule has 3 aromatic rings. The number of benzene rings is 1. The van der Waals surface area contributed by atoms with E-state index in [-0.39, 0.29) is 0 Å². The maximum absolute atomic E-state index is 4.52. The quantitative estimate of drug-likeness (QED) is 0.790. The van der Waals surface area contributed by atoms with E-state index in [1.807, 2.05) is 6.20 Å². The fourth-order valence-corrected chi connectivity index (χ4v) is 4.08. The summed E-state index contributed by atoms with van der Waals surface area (Å²) in [5, 5.41) is 10.2. The maximum Gasteiger partial charge on any atom is 0.151 e. The Morgan fingerprint density at radius 1 is 1.04 bits per heavy atom. The van der Waals surface area contributed by atoms with Gasteiger partial charge in [-0.25, -0.2) is 0 Å². The van der Waals surface area contributed by atoms with E-state index < -0.39 is 0 Å². The van der Waals surface area contributed by atoms with Crippen LogP contribution in [0.1, 0.15) is 6.42 Å². The molecule has 5 heteroatoms. The van der Waals surface area contributed by atoms with Crippen molar-refractivity contribution < 1.29 is 0 Å². The van der Waals surface area contributed by atoms with Gasteiger partial charge >= 0.3 is 0 Å². The van der Waals surface area contributed by atoms with Crippen LogP contribution in [0.2, 0.25) is 0 Å². The van der Waals surface area contributed by atoms with Gasteiger partial charge in [0.1, 0.15) is 0 Å². The largest absolute Gasteiger partial charge is 0.361 e. The second-order valence-electron chi connectivity index (χ2n) is 6.66. The Hall–Kier alpha value is -2.40. The van der Waals surface area contributed by atoms with E-state index in [9.17, 15) is 0 Å². The first-order valence-corrected chi connectivity index (χ1v) is 8.17. The third-order valence-corrected chi connectivity index (χ3v) is 5.33. The van der Waals surface area contributed by atoms with Crippen LogP contribution in [0.4, 0.5) is 5.82 Å². The van der Waals surface area contributed by atoms with Crippen molar-refractivity contribution in [1.82, 2.24) is 20.1 Å². The van der Waals surface area contributed by atoms with Crippen LogP contribution in [0.15, 0.2) is 42.6 Å². The zero-order chi connectivity index (χ0) is 15.4. The molecule has 2 saturated heterocycles. The van der Waals surface area contributed by atoms with Crippen LogP contribution >= 0.6 is 0 Å². The summed E-state index contributed by atoms with van der Waals surface area (Å²) in [5.41, 5.74) is 3.19. The number of H-pyrrole nitrogens is 1. The zero-order valence-electron chi connectivity index (χ0n) is 13.1. The lowest BCUT2D eigenvalue weighted by atomic mass is 10.1. The third-order valence-electron chi connectivity index (χ3n) is 5.33. The lowest BCUT2D eigenvalue weighted by Crippen LogP contribution is -2.44. The lowest BCUT2D eigenvalue weighted by Gasteiger charge is -2.32. The molecule has 2 aromatic heterocycles. The number of fused-ring (bicyclic) bond motifs is 3. The fraction of sp³-hybridized carbons (Fsp3) is 0.333. The number of piperazine rings is 1. The van der Waals surface area contributed by atoms with Crippen LogP contribution in [0.25, 0.3) is 22.2 Å². The van der Waals surface area contributed by atoms with Crippen LogP contribution in [0.5, 0.6) is 0 Å². The minimum Gasteiger partial charge on any atom is -0.361 e. The Labute approximate surface area is 134 Å². The molecule has 0 unspecified atom stereocenters. The molecule has 116 valence electrons. The summed E-state index contributed by atoms with van der Waals surface area (Å²) >= 11 is 0. The molecule has 0 saturated carbocycles. The van der Waals surface area contributed by atoms with Gasteiger partial charge in [-0.1, -0.05) is 12.1 Å². The molecule has 2 fully saturated rings. The number of hydrogen-bond donors (Lipinski definition) is 1. The van der Waals surface area contributed by atoms with E-state index in [2.05, 4.69) is 68.4 Å². The van der Waals surface area contributed by atoms with Crippen molar-refractivity contribution >= 4 is 16.7 Å². The van der Waals surface area contributed by atoms with Gasteiger partial charge < -0.3 is 9.88 Å². The first kappa shape index (κ1) is 13.1. The van der Waals surface area contributed by atoms with Crippen LogP contribution in [-0.2, 0) is 0 Å². The first-order chi connectivity index (χ1) is 11.3. The van der Waals surface area contributed by atoms with E-state index in [0.29, 0.717) is 12.1 Å². The van der Waals surface area contributed by atoms with Gasteiger partial charge in [0.2, 0.25) is 0 Å². The fourth-order valence-electron chi connectivity index (χ4n) is 4.08. The van der Waals surface area contributed by atoms with Crippen LogP contribution in [-0.4, -0.2) is 52.3 Å². The number of likely N-dealkylation sites (N-methyl/N-ethyl adjacent to an activating group) is 1. The molecule has 23 heavy (non-hydrogen) atoms. The van der Waals surface area contributed by atoms with Crippen LogP contribution < -0.4 is 4.90 Å². The van der Waals surface area contributed by atoms with Gasteiger partial charge in [-0.2, -0.15) is 0 Å². The normalized spacial score (nSPS) is 24.0. The molecule has 4 heterocycles. The molecule has 2 aliphatic rings. The summed E-state index contributed by atoms with van der Waals surface area (Å²) in [5.74, 6) is 1.01. The van der Waals surface area contributed by atoms with Gasteiger partial charge in [0, 0.05) is 47.8 Å². The number of rotatable bonds is 2.